The molecule has 0 amide bonds. The van der Waals surface area contributed by atoms with E-state index in [1.54, 1.807) is 19.9 Å². The molecule has 1 aromatic carbocycles. The molecule has 0 radical (unpaired) electrons. The van der Waals surface area contributed by atoms with Crippen LogP contribution in [0, 0.1) is 29.5 Å². The van der Waals surface area contributed by atoms with E-state index < -0.39 is 11.4 Å². The highest BCUT2D eigenvalue weighted by Gasteiger charge is 2.49. The molecule has 0 bridgehead atoms. The number of halogens is 2. The number of nitrogens with zero attached hydrogens (tertiary/aromatic N) is 5. The average molecular weight is 726 g/mol. The minimum absolute atomic E-state index is 0.0385. The predicted octanol–water partition coefficient (Wildman–Crippen LogP) is 5.41. The Morgan fingerprint density at radius 1 is 1.14 bits per heavy atom. The highest BCUT2D eigenvalue weighted by Crippen LogP contribution is 2.49. The van der Waals surface area contributed by atoms with E-state index in [1.165, 1.54) is 7.11 Å². The number of nitrogen functional groups attached to an aromatic ring is 1. The maximum absolute atomic E-state index is 17.1. The van der Waals surface area contributed by atoms with Crippen molar-refractivity contribution in [2.75, 3.05) is 77.0 Å². The highest BCUT2D eigenvalue weighted by atomic mass is 35.5. The zero-order chi connectivity index (χ0) is 35.9. The molecule has 4 N–H and O–H groups in total. The Morgan fingerprint density at radius 2 is 1.92 bits per heavy atom. The minimum Gasteiger partial charge on any atom is -0.480 e. The van der Waals surface area contributed by atoms with Crippen molar-refractivity contribution in [2.24, 2.45) is 11.3 Å². The van der Waals surface area contributed by atoms with Crippen molar-refractivity contribution in [1.82, 2.24) is 19.9 Å². The lowest BCUT2D eigenvalue weighted by atomic mass is 9.75. The van der Waals surface area contributed by atoms with Crippen molar-refractivity contribution < 1.29 is 28.4 Å². The molecular weight excluding hydrogens is 677 g/mol. The van der Waals surface area contributed by atoms with Gasteiger partial charge in [-0.15, -0.1) is 0 Å². The normalized spacial score (nSPS) is 26.2. The summed E-state index contributed by atoms with van der Waals surface area (Å²) in [4.78, 5) is 18.8. The lowest BCUT2D eigenvalue weighted by Crippen LogP contribution is -2.53. The number of hydrogen-bond acceptors (Lipinski definition) is 12. The number of fused-ring (bicyclic) bond motifs is 2. The van der Waals surface area contributed by atoms with E-state index in [0.717, 1.165) is 77.5 Å². The number of piperidine rings is 1. The SMILES string of the molecule is COc1nc(-c2c(C)c(Cl)cc(N)c2C=N)c(F)c2nc(OC[C@]34CCC[C@H]3N(CC3CCOCC3)CCC4)nc(N3CCOC[C@@](C)(O)C3)c12. The molecule has 3 aromatic rings. The lowest BCUT2D eigenvalue weighted by Gasteiger charge is -2.47. The Hall–Kier alpha value is -3.36. The minimum atomic E-state index is -1.20. The third-order valence-electron chi connectivity index (χ3n) is 11.4. The van der Waals surface area contributed by atoms with Gasteiger partial charge in [-0.3, -0.25) is 4.90 Å². The summed E-state index contributed by atoms with van der Waals surface area (Å²) < 4.78 is 40.9. The first-order valence-electron chi connectivity index (χ1n) is 18.1. The number of likely N-dealkylation sites (tertiary alicyclic amines) is 1. The van der Waals surface area contributed by atoms with E-state index in [1.807, 2.05) is 4.90 Å². The van der Waals surface area contributed by atoms with Crippen LogP contribution in [0.4, 0.5) is 15.9 Å². The molecule has 3 atom stereocenters. The monoisotopic (exact) mass is 725 g/mol. The second kappa shape index (κ2) is 14.6. The largest absolute Gasteiger partial charge is 0.480 e. The van der Waals surface area contributed by atoms with Crippen LogP contribution < -0.4 is 20.1 Å². The van der Waals surface area contributed by atoms with E-state index >= 15 is 4.39 Å². The molecule has 3 aliphatic heterocycles. The van der Waals surface area contributed by atoms with Crippen LogP contribution in [0.25, 0.3) is 22.2 Å². The number of pyridine rings is 1. The van der Waals surface area contributed by atoms with Gasteiger partial charge in [-0.1, -0.05) is 18.0 Å². The first-order chi connectivity index (χ1) is 24.5. The van der Waals surface area contributed by atoms with Crippen molar-refractivity contribution in [2.45, 2.75) is 70.4 Å². The molecule has 14 heteroatoms. The maximum atomic E-state index is 17.1. The van der Waals surface area contributed by atoms with Gasteiger partial charge >= 0.3 is 6.01 Å². The van der Waals surface area contributed by atoms with E-state index in [9.17, 15) is 5.11 Å². The molecule has 3 saturated heterocycles. The number of nitrogens with one attached hydrogen (secondary N) is 1. The van der Waals surface area contributed by atoms with Crippen molar-refractivity contribution in [3.8, 4) is 23.1 Å². The molecule has 2 aromatic heterocycles. The summed E-state index contributed by atoms with van der Waals surface area (Å²) >= 11 is 6.53. The molecular formula is C37H49ClFN7O5. The number of ether oxygens (including phenoxy) is 4. The van der Waals surface area contributed by atoms with Gasteiger partial charge in [0.15, 0.2) is 5.82 Å². The molecule has 4 aliphatic rings. The van der Waals surface area contributed by atoms with E-state index in [4.69, 9.17) is 51.7 Å². The number of nitrogens with two attached hydrogens (primary N) is 1. The number of aromatic nitrogens is 3. The van der Waals surface area contributed by atoms with Crippen molar-refractivity contribution in [3.05, 3.63) is 28.0 Å². The standard InChI is InChI=1S/C37H49ClFN7O5/c1-22-25(38)16-26(41)24(17-40)28(22)31-30(39)32-29(34(42-31)48-3)33(46-12-15-50-20-36(2,47)19-46)44-35(43-32)51-21-37-9-4-6-27(37)45(11-5-10-37)18-23-7-13-49-14-8-23/h16-17,23,27,40,47H,4-15,18-21,41H2,1-3H3/t27-,36+,37-/m1/s1. The zero-order valence-corrected chi connectivity index (χ0v) is 30.5. The molecule has 0 spiro atoms. The Balaban J connectivity index is 1.32. The van der Waals surface area contributed by atoms with Crippen LogP contribution in [0.15, 0.2) is 6.07 Å². The number of hydrogen-bond donors (Lipinski definition) is 3. The van der Waals surface area contributed by atoms with Gasteiger partial charge in [-0.25, -0.2) is 9.37 Å². The number of aliphatic hydroxyl groups is 1. The Morgan fingerprint density at radius 3 is 2.69 bits per heavy atom. The fraction of sp³-hybridized carbons (Fsp3) is 0.622. The summed E-state index contributed by atoms with van der Waals surface area (Å²) in [6.45, 7) is 8.68. The third-order valence-corrected chi connectivity index (χ3v) is 11.8. The van der Waals surface area contributed by atoms with Gasteiger partial charge in [0.05, 0.1) is 33.5 Å². The summed E-state index contributed by atoms with van der Waals surface area (Å²) in [6, 6.07) is 1.98. The van der Waals surface area contributed by atoms with Gasteiger partial charge in [-0.05, 0) is 76.5 Å². The van der Waals surface area contributed by atoms with E-state index in [2.05, 4.69) is 9.88 Å². The first-order valence-corrected chi connectivity index (χ1v) is 18.5. The Labute approximate surface area is 303 Å². The summed E-state index contributed by atoms with van der Waals surface area (Å²) in [6.07, 6.45) is 8.71. The second-order valence-electron chi connectivity index (χ2n) is 15.0. The molecule has 1 aliphatic carbocycles. The maximum Gasteiger partial charge on any atom is 0.319 e. The number of benzene rings is 1. The lowest BCUT2D eigenvalue weighted by molar-refractivity contribution is -0.0203. The summed E-state index contributed by atoms with van der Waals surface area (Å²) in [5.41, 5.74) is 6.14. The highest BCUT2D eigenvalue weighted by molar-refractivity contribution is 6.32. The van der Waals surface area contributed by atoms with Crippen LogP contribution in [0.1, 0.15) is 63.0 Å². The van der Waals surface area contributed by atoms with Gasteiger partial charge in [0.1, 0.15) is 28.0 Å². The first kappa shape index (κ1) is 36.0. The van der Waals surface area contributed by atoms with Gasteiger partial charge < -0.3 is 40.1 Å². The number of methoxy groups -OCH3 is 1. The van der Waals surface area contributed by atoms with Crippen LogP contribution in [-0.4, -0.2) is 109 Å². The number of β-amino-alcohol motifs (C(OH)–C–C–N with tert-alkyl or cyclic N) is 1. The summed E-state index contributed by atoms with van der Waals surface area (Å²) in [7, 11) is 1.45. The molecule has 51 heavy (non-hydrogen) atoms. The smallest absolute Gasteiger partial charge is 0.319 e. The van der Waals surface area contributed by atoms with Crippen LogP contribution in [0.2, 0.25) is 5.02 Å². The Bertz CT molecular complexity index is 1790. The topological polar surface area (TPSA) is 152 Å². The molecule has 7 rings (SSSR count). The van der Waals surface area contributed by atoms with Crippen molar-refractivity contribution in [1.29, 1.82) is 5.41 Å². The quantitative estimate of drug-likeness (QED) is 0.192. The molecule has 4 fully saturated rings. The van der Waals surface area contributed by atoms with Crippen LogP contribution in [0.3, 0.4) is 0 Å². The van der Waals surface area contributed by atoms with Gasteiger partial charge in [-0.2, -0.15) is 9.97 Å². The van der Waals surface area contributed by atoms with Crippen molar-refractivity contribution >= 4 is 40.2 Å². The third kappa shape index (κ3) is 6.95. The Kier molecular flexibility index (Phi) is 10.3. The molecule has 12 nitrogen and oxygen atoms in total. The fourth-order valence-electron chi connectivity index (χ4n) is 8.84. The fourth-order valence-corrected chi connectivity index (χ4v) is 9.05. The van der Waals surface area contributed by atoms with Gasteiger partial charge in [0.25, 0.3) is 0 Å². The van der Waals surface area contributed by atoms with Crippen LogP contribution in [0.5, 0.6) is 11.9 Å². The average Bonchev–Trinajstić information content (AvgIpc) is 3.47. The predicted molar refractivity (Wildman–Crippen MR) is 195 cm³/mol. The molecule has 1 saturated carbocycles. The number of anilines is 2. The van der Waals surface area contributed by atoms with Crippen molar-refractivity contribution in [3.63, 3.8) is 0 Å². The van der Waals surface area contributed by atoms with Gasteiger partial charge in [0, 0.05) is 65.8 Å². The summed E-state index contributed by atoms with van der Waals surface area (Å²) in [5.74, 6) is 0.300. The molecule has 276 valence electrons. The zero-order valence-electron chi connectivity index (χ0n) is 29.8. The van der Waals surface area contributed by atoms with E-state index in [-0.39, 0.29) is 63.9 Å². The van der Waals surface area contributed by atoms with Gasteiger partial charge in [0.2, 0.25) is 5.88 Å². The van der Waals surface area contributed by atoms with E-state index in [0.29, 0.717) is 48.1 Å². The number of rotatable bonds is 9. The molecule has 5 heterocycles. The van der Waals surface area contributed by atoms with Crippen LogP contribution >= 0.6 is 11.6 Å². The van der Waals surface area contributed by atoms with Crippen LogP contribution in [-0.2, 0) is 9.47 Å². The summed E-state index contributed by atoms with van der Waals surface area (Å²) in [5, 5.41) is 19.8. The molecule has 0 unspecified atom stereocenters. The second-order valence-corrected chi connectivity index (χ2v) is 15.4.